The third kappa shape index (κ3) is 3.71. The van der Waals surface area contributed by atoms with E-state index in [-0.39, 0.29) is 13.2 Å². The molecule has 0 rings (SSSR count). The number of hydrogen-bond acceptors (Lipinski definition) is 4. The lowest BCUT2D eigenvalue weighted by molar-refractivity contribution is -0.175. The molecule has 6 nitrogen and oxygen atoms in total. The first kappa shape index (κ1) is 12.9. The average molecular weight is 206 g/mol. The van der Waals surface area contributed by atoms with Crippen molar-refractivity contribution in [2.75, 3.05) is 13.2 Å². The van der Waals surface area contributed by atoms with Crippen LogP contribution in [0.5, 0.6) is 0 Å². The highest BCUT2D eigenvalue weighted by molar-refractivity contribution is 5.83. The number of ether oxygens (including phenoxy) is 2. The summed E-state index contributed by atoms with van der Waals surface area (Å²) in [5, 5.41) is 17.4. The monoisotopic (exact) mass is 206 g/mol. The summed E-state index contributed by atoms with van der Waals surface area (Å²) in [7, 11) is 0. The molecule has 0 radical (unpaired) electrons. The van der Waals surface area contributed by atoms with Crippen LogP contribution in [0.1, 0.15) is 13.8 Å². The Balaban J connectivity index is 4.54. The maximum absolute atomic E-state index is 10.6. The van der Waals surface area contributed by atoms with Crippen LogP contribution in [-0.2, 0) is 19.1 Å². The summed E-state index contributed by atoms with van der Waals surface area (Å²) in [5.74, 6) is -2.68. The lowest BCUT2D eigenvalue weighted by Gasteiger charge is -2.19. The van der Waals surface area contributed by atoms with E-state index < -0.39 is 24.1 Å². The molecular formula is C8H14O6. The first-order chi connectivity index (χ1) is 6.54. The molecule has 14 heavy (non-hydrogen) atoms. The van der Waals surface area contributed by atoms with E-state index >= 15 is 0 Å². The van der Waals surface area contributed by atoms with Gasteiger partial charge in [-0.3, -0.25) is 0 Å². The summed E-state index contributed by atoms with van der Waals surface area (Å²) >= 11 is 0. The molecule has 0 spiro atoms. The molecule has 6 heteroatoms. The third-order valence-electron chi connectivity index (χ3n) is 1.45. The van der Waals surface area contributed by atoms with Crippen molar-refractivity contribution in [2.45, 2.75) is 26.1 Å². The summed E-state index contributed by atoms with van der Waals surface area (Å²) < 4.78 is 9.55. The van der Waals surface area contributed by atoms with Crippen molar-refractivity contribution in [3.05, 3.63) is 0 Å². The molecule has 0 saturated carbocycles. The van der Waals surface area contributed by atoms with Gasteiger partial charge in [-0.25, -0.2) is 9.59 Å². The van der Waals surface area contributed by atoms with Crippen molar-refractivity contribution in [3.8, 4) is 0 Å². The number of carbonyl (C=O) groups is 2. The van der Waals surface area contributed by atoms with E-state index in [4.69, 9.17) is 19.7 Å². The zero-order valence-corrected chi connectivity index (χ0v) is 8.10. The Kier molecular flexibility index (Phi) is 5.82. The van der Waals surface area contributed by atoms with Crippen molar-refractivity contribution >= 4 is 11.9 Å². The molecule has 0 heterocycles. The van der Waals surface area contributed by atoms with E-state index in [9.17, 15) is 9.59 Å². The second-order valence-corrected chi connectivity index (χ2v) is 2.43. The standard InChI is InChI=1S/C8H14O6/c1-3-13-5(7(9)10)6(8(11)12)14-4-2/h5-6H,3-4H2,1-2H3,(H,9,10)(H,11,12)/t5-,6?/m0/s1. The number of carboxylic acid groups (broad SMARTS) is 2. The van der Waals surface area contributed by atoms with Gasteiger partial charge in [0.2, 0.25) is 0 Å². The quantitative estimate of drug-likeness (QED) is 0.607. The molecule has 0 aromatic heterocycles. The van der Waals surface area contributed by atoms with Gasteiger partial charge in [-0.15, -0.1) is 0 Å². The van der Waals surface area contributed by atoms with E-state index in [0.717, 1.165) is 0 Å². The Labute approximate surface area is 81.4 Å². The number of carboxylic acids is 2. The van der Waals surface area contributed by atoms with Crippen LogP contribution in [-0.4, -0.2) is 47.6 Å². The van der Waals surface area contributed by atoms with Crippen LogP contribution >= 0.6 is 0 Å². The lowest BCUT2D eigenvalue weighted by atomic mass is 10.2. The van der Waals surface area contributed by atoms with Crippen molar-refractivity contribution in [3.63, 3.8) is 0 Å². The summed E-state index contributed by atoms with van der Waals surface area (Å²) in [5.41, 5.74) is 0. The molecule has 0 bridgehead atoms. The Hall–Kier alpha value is -1.14. The number of aliphatic carboxylic acids is 2. The second-order valence-electron chi connectivity index (χ2n) is 2.43. The van der Waals surface area contributed by atoms with Crippen LogP contribution in [0.4, 0.5) is 0 Å². The van der Waals surface area contributed by atoms with E-state index in [1.807, 2.05) is 0 Å². The molecule has 0 aliphatic heterocycles. The average Bonchev–Trinajstić information content (AvgIpc) is 2.10. The van der Waals surface area contributed by atoms with E-state index in [1.165, 1.54) is 0 Å². The fraction of sp³-hybridized carbons (Fsp3) is 0.750. The van der Waals surface area contributed by atoms with Crippen LogP contribution < -0.4 is 0 Å². The number of rotatable bonds is 7. The molecule has 0 aliphatic carbocycles. The van der Waals surface area contributed by atoms with Gasteiger partial charge in [0.15, 0.2) is 12.2 Å². The Bertz CT molecular complexity index is 180. The molecule has 0 fully saturated rings. The first-order valence-electron chi connectivity index (χ1n) is 4.23. The molecule has 0 aliphatic rings. The summed E-state index contributed by atoms with van der Waals surface area (Å²) in [6.07, 6.45) is -2.92. The zero-order valence-electron chi connectivity index (χ0n) is 8.10. The molecule has 2 atom stereocenters. The van der Waals surface area contributed by atoms with Gasteiger partial charge < -0.3 is 19.7 Å². The van der Waals surface area contributed by atoms with Crippen molar-refractivity contribution in [1.29, 1.82) is 0 Å². The first-order valence-corrected chi connectivity index (χ1v) is 4.23. The van der Waals surface area contributed by atoms with Gasteiger partial charge in [-0.2, -0.15) is 0 Å². The highest BCUT2D eigenvalue weighted by Gasteiger charge is 2.35. The van der Waals surface area contributed by atoms with Gasteiger partial charge in [0, 0.05) is 13.2 Å². The molecular weight excluding hydrogens is 192 g/mol. The maximum atomic E-state index is 10.6. The van der Waals surface area contributed by atoms with Crippen LogP contribution in [0.15, 0.2) is 0 Å². The van der Waals surface area contributed by atoms with Crippen LogP contribution in [0.2, 0.25) is 0 Å². The van der Waals surface area contributed by atoms with Crippen LogP contribution in [0.25, 0.3) is 0 Å². The molecule has 0 aromatic rings. The van der Waals surface area contributed by atoms with Crippen LogP contribution in [0.3, 0.4) is 0 Å². The summed E-state index contributed by atoms with van der Waals surface area (Å²) in [4.78, 5) is 21.3. The molecule has 2 N–H and O–H groups in total. The minimum atomic E-state index is -1.46. The van der Waals surface area contributed by atoms with Crippen molar-refractivity contribution < 1.29 is 29.3 Å². The van der Waals surface area contributed by atoms with E-state index in [1.54, 1.807) is 13.8 Å². The topological polar surface area (TPSA) is 93.1 Å². The minimum absolute atomic E-state index is 0.119. The Morgan fingerprint density at radius 2 is 1.29 bits per heavy atom. The van der Waals surface area contributed by atoms with Gasteiger partial charge in [-0.05, 0) is 13.8 Å². The Morgan fingerprint density at radius 3 is 1.43 bits per heavy atom. The minimum Gasteiger partial charge on any atom is -0.479 e. The fourth-order valence-corrected chi connectivity index (χ4v) is 0.935. The lowest BCUT2D eigenvalue weighted by Crippen LogP contribution is -2.43. The fourth-order valence-electron chi connectivity index (χ4n) is 0.935. The van der Waals surface area contributed by atoms with Gasteiger partial charge in [0.25, 0.3) is 0 Å². The highest BCUT2D eigenvalue weighted by Crippen LogP contribution is 2.05. The Morgan fingerprint density at radius 1 is 1.00 bits per heavy atom. The van der Waals surface area contributed by atoms with E-state index in [0.29, 0.717) is 0 Å². The second kappa shape index (κ2) is 6.33. The van der Waals surface area contributed by atoms with Crippen molar-refractivity contribution in [1.82, 2.24) is 0 Å². The number of hydrogen-bond donors (Lipinski definition) is 2. The predicted octanol–water partition coefficient (Wildman–Crippen LogP) is -0.0342. The molecule has 82 valence electrons. The third-order valence-corrected chi connectivity index (χ3v) is 1.45. The summed E-state index contributed by atoms with van der Waals surface area (Å²) in [6.45, 7) is 3.41. The van der Waals surface area contributed by atoms with Gasteiger partial charge in [0.05, 0.1) is 0 Å². The smallest absolute Gasteiger partial charge is 0.336 e. The van der Waals surface area contributed by atoms with Crippen LogP contribution in [0, 0.1) is 0 Å². The van der Waals surface area contributed by atoms with Gasteiger partial charge >= 0.3 is 11.9 Å². The highest BCUT2D eigenvalue weighted by atomic mass is 16.6. The largest absolute Gasteiger partial charge is 0.479 e. The van der Waals surface area contributed by atoms with Gasteiger partial charge in [-0.1, -0.05) is 0 Å². The van der Waals surface area contributed by atoms with Crippen molar-refractivity contribution in [2.24, 2.45) is 0 Å². The molecule has 0 aromatic carbocycles. The normalized spacial score (nSPS) is 14.7. The molecule has 0 amide bonds. The molecule has 0 saturated heterocycles. The maximum Gasteiger partial charge on any atom is 0.336 e. The molecule has 1 unspecified atom stereocenters. The zero-order chi connectivity index (χ0) is 11.1. The van der Waals surface area contributed by atoms with Gasteiger partial charge in [0.1, 0.15) is 0 Å². The van der Waals surface area contributed by atoms with E-state index in [2.05, 4.69) is 0 Å². The SMILES string of the molecule is CCOC(C(=O)O)[C@H](OCC)C(=O)O. The predicted molar refractivity (Wildman–Crippen MR) is 46.1 cm³/mol. The summed E-state index contributed by atoms with van der Waals surface area (Å²) in [6, 6.07) is 0.